The number of aromatic amines is 1. The number of pyridine rings is 1. The van der Waals surface area contributed by atoms with E-state index in [9.17, 15) is 14.7 Å². The Morgan fingerprint density at radius 3 is 2.68 bits per heavy atom. The average molecular weight is 384 g/mol. The number of rotatable bonds is 6. The van der Waals surface area contributed by atoms with E-state index in [4.69, 9.17) is 0 Å². The van der Waals surface area contributed by atoms with Gasteiger partial charge in [-0.2, -0.15) is 0 Å². The van der Waals surface area contributed by atoms with E-state index in [2.05, 4.69) is 28.8 Å². The number of amides is 1. The lowest BCUT2D eigenvalue weighted by molar-refractivity contribution is -0.136. The minimum atomic E-state index is -0.518. The predicted molar refractivity (Wildman–Crippen MR) is 107 cm³/mol. The molecule has 28 heavy (non-hydrogen) atoms. The molecular formula is C21H28N4O3. The molecule has 150 valence electrons. The lowest BCUT2D eigenvalue weighted by Crippen LogP contribution is -2.51. The second-order valence-corrected chi connectivity index (χ2v) is 8.02. The molecule has 3 rings (SSSR count). The van der Waals surface area contributed by atoms with Gasteiger partial charge in [-0.25, -0.2) is 4.98 Å². The Labute approximate surface area is 164 Å². The highest BCUT2D eigenvalue weighted by atomic mass is 16.3. The van der Waals surface area contributed by atoms with Gasteiger partial charge in [0, 0.05) is 35.8 Å². The van der Waals surface area contributed by atoms with Crippen molar-refractivity contribution in [3.05, 3.63) is 46.1 Å². The molecular weight excluding hydrogens is 356 g/mol. The Bertz CT molecular complexity index is 894. The first-order chi connectivity index (χ1) is 13.4. The Balaban J connectivity index is 1.85. The summed E-state index contributed by atoms with van der Waals surface area (Å²) in [5.74, 6) is 0.707. The topological polar surface area (TPSA) is 99.2 Å². The van der Waals surface area contributed by atoms with Crippen LogP contribution < -0.4 is 5.56 Å². The van der Waals surface area contributed by atoms with Crippen molar-refractivity contribution in [2.75, 3.05) is 13.2 Å². The first-order valence-electron chi connectivity index (χ1n) is 9.78. The summed E-state index contributed by atoms with van der Waals surface area (Å²) < 4.78 is 0. The zero-order valence-corrected chi connectivity index (χ0v) is 16.7. The van der Waals surface area contributed by atoms with Crippen LogP contribution in [0.2, 0.25) is 0 Å². The average Bonchev–Trinajstić information content (AvgIpc) is 3.08. The highest BCUT2D eigenvalue weighted by Gasteiger charge is 2.43. The zero-order chi connectivity index (χ0) is 20.3. The molecule has 7 heteroatoms. The van der Waals surface area contributed by atoms with E-state index < -0.39 is 5.54 Å². The van der Waals surface area contributed by atoms with Crippen LogP contribution in [0.15, 0.2) is 29.3 Å². The molecule has 0 aliphatic carbocycles. The molecule has 1 fully saturated rings. The van der Waals surface area contributed by atoms with Gasteiger partial charge in [0.2, 0.25) is 5.91 Å². The smallest absolute Gasteiger partial charge is 0.255 e. The van der Waals surface area contributed by atoms with Gasteiger partial charge in [0.25, 0.3) is 5.56 Å². The van der Waals surface area contributed by atoms with Gasteiger partial charge < -0.3 is 15.0 Å². The van der Waals surface area contributed by atoms with Gasteiger partial charge in [0.05, 0.1) is 18.6 Å². The largest absolute Gasteiger partial charge is 0.394 e. The predicted octanol–water partition coefficient (Wildman–Crippen LogP) is 2.08. The third-order valence-corrected chi connectivity index (χ3v) is 5.48. The fraction of sp³-hybridized carbons (Fsp3) is 0.524. The number of nitrogens with one attached hydrogen (secondary N) is 1. The number of carbonyl (C=O) groups is 1. The van der Waals surface area contributed by atoms with Crippen LogP contribution in [0, 0.1) is 12.8 Å². The summed E-state index contributed by atoms with van der Waals surface area (Å²) >= 11 is 0. The van der Waals surface area contributed by atoms with Gasteiger partial charge in [-0.15, -0.1) is 0 Å². The first-order valence-corrected chi connectivity index (χ1v) is 9.78. The van der Waals surface area contributed by atoms with E-state index in [0.29, 0.717) is 29.5 Å². The van der Waals surface area contributed by atoms with Crippen LogP contribution in [-0.2, 0) is 11.2 Å². The van der Waals surface area contributed by atoms with Gasteiger partial charge >= 0.3 is 0 Å². The van der Waals surface area contributed by atoms with Crippen molar-refractivity contribution < 1.29 is 9.90 Å². The molecule has 1 aliphatic heterocycles. The molecule has 0 bridgehead atoms. The highest BCUT2D eigenvalue weighted by Crippen LogP contribution is 2.35. The third-order valence-electron chi connectivity index (χ3n) is 5.48. The monoisotopic (exact) mass is 384 g/mol. The Morgan fingerprint density at radius 1 is 1.36 bits per heavy atom. The minimum Gasteiger partial charge on any atom is -0.394 e. The standard InChI is InChI=1S/C21H28N4O3/c1-14(2)12-21(13-26)7-4-10-25(21)18(27)11-17-15(3)23-19(24-20(17)28)16-5-8-22-9-6-16/h5-6,8-9,14,26H,4,7,10-13H2,1-3H3,(H,23,24,28). The van der Waals surface area contributed by atoms with Crippen molar-refractivity contribution in [2.45, 2.75) is 52.0 Å². The molecule has 0 radical (unpaired) electrons. The van der Waals surface area contributed by atoms with Crippen molar-refractivity contribution in [1.82, 2.24) is 19.9 Å². The fourth-order valence-corrected chi connectivity index (χ4v) is 4.24. The first kappa shape index (κ1) is 20.2. The van der Waals surface area contributed by atoms with E-state index in [-0.39, 0.29) is 24.5 Å². The van der Waals surface area contributed by atoms with E-state index in [1.807, 2.05) is 0 Å². The van der Waals surface area contributed by atoms with Gasteiger partial charge in [-0.05, 0) is 44.2 Å². The summed E-state index contributed by atoms with van der Waals surface area (Å²) in [6.45, 7) is 6.50. The summed E-state index contributed by atoms with van der Waals surface area (Å²) in [6, 6.07) is 3.54. The van der Waals surface area contributed by atoms with E-state index in [1.54, 1.807) is 36.4 Å². The lowest BCUT2D eigenvalue weighted by atomic mass is 9.86. The molecule has 1 saturated heterocycles. The molecule has 1 amide bonds. The number of hydrogen-bond acceptors (Lipinski definition) is 5. The summed E-state index contributed by atoms with van der Waals surface area (Å²) in [7, 11) is 0. The summed E-state index contributed by atoms with van der Waals surface area (Å²) in [5, 5.41) is 10.0. The SMILES string of the molecule is Cc1nc(-c2ccncc2)[nH]c(=O)c1CC(=O)N1CCCC1(CO)CC(C)C. The van der Waals surface area contributed by atoms with E-state index >= 15 is 0 Å². The molecule has 3 heterocycles. The van der Waals surface area contributed by atoms with E-state index in [0.717, 1.165) is 24.8 Å². The number of aliphatic hydroxyl groups excluding tert-OH is 1. The fourth-order valence-electron chi connectivity index (χ4n) is 4.24. The Morgan fingerprint density at radius 2 is 2.07 bits per heavy atom. The second-order valence-electron chi connectivity index (χ2n) is 8.02. The van der Waals surface area contributed by atoms with Gasteiger partial charge in [0.15, 0.2) is 0 Å². The molecule has 1 aliphatic rings. The maximum Gasteiger partial charge on any atom is 0.255 e. The normalized spacial score (nSPS) is 19.4. The van der Waals surface area contributed by atoms with Crippen molar-refractivity contribution in [2.24, 2.45) is 5.92 Å². The molecule has 0 spiro atoms. The number of likely N-dealkylation sites (tertiary alicyclic amines) is 1. The zero-order valence-electron chi connectivity index (χ0n) is 16.7. The van der Waals surface area contributed by atoms with Gasteiger partial charge in [0.1, 0.15) is 5.82 Å². The number of aliphatic hydroxyl groups is 1. The molecule has 0 saturated carbocycles. The van der Waals surface area contributed by atoms with Gasteiger partial charge in [-0.3, -0.25) is 14.6 Å². The lowest BCUT2D eigenvalue weighted by Gasteiger charge is -2.38. The molecule has 1 atom stereocenters. The second kappa shape index (κ2) is 8.22. The van der Waals surface area contributed by atoms with Crippen molar-refractivity contribution in [3.63, 3.8) is 0 Å². The maximum absolute atomic E-state index is 13.1. The number of H-pyrrole nitrogens is 1. The Kier molecular flexibility index (Phi) is 5.93. The molecule has 2 N–H and O–H groups in total. The van der Waals surface area contributed by atoms with Gasteiger partial charge in [-0.1, -0.05) is 13.8 Å². The minimum absolute atomic E-state index is 0.00929. The maximum atomic E-state index is 13.1. The number of aryl methyl sites for hydroxylation is 1. The van der Waals surface area contributed by atoms with Crippen LogP contribution in [0.1, 0.15) is 44.4 Å². The third kappa shape index (κ3) is 3.99. The quantitative estimate of drug-likeness (QED) is 0.794. The number of hydrogen-bond donors (Lipinski definition) is 2. The van der Waals surface area contributed by atoms with E-state index in [1.165, 1.54) is 0 Å². The summed E-state index contributed by atoms with van der Waals surface area (Å²) in [5.41, 5.74) is 0.873. The van der Waals surface area contributed by atoms with Crippen molar-refractivity contribution >= 4 is 5.91 Å². The molecule has 2 aromatic heterocycles. The highest BCUT2D eigenvalue weighted by molar-refractivity contribution is 5.80. The molecule has 1 unspecified atom stereocenters. The van der Waals surface area contributed by atoms with Crippen LogP contribution in [0.25, 0.3) is 11.4 Å². The molecule has 2 aromatic rings. The summed E-state index contributed by atoms with van der Waals surface area (Å²) in [6.07, 6.45) is 5.68. The van der Waals surface area contributed by atoms with Crippen molar-refractivity contribution in [3.8, 4) is 11.4 Å². The number of carbonyl (C=O) groups excluding carboxylic acids is 1. The number of nitrogens with zero attached hydrogens (tertiary/aromatic N) is 3. The molecule has 7 nitrogen and oxygen atoms in total. The van der Waals surface area contributed by atoms with Crippen LogP contribution in [0.5, 0.6) is 0 Å². The van der Waals surface area contributed by atoms with Crippen LogP contribution in [-0.4, -0.2) is 49.6 Å². The van der Waals surface area contributed by atoms with Crippen LogP contribution >= 0.6 is 0 Å². The molecule has 0 aromatic carbocycles. The van der Waals surface area contributed by atoms with Crippen LogP contribution in [0.3, 0.4) is 0 Å². The Hall–Kier alpha value is -2.54. The van der Waals surface area contributed by atoms with Crippen LogP contribution in [0.4, 0.5) is 0 Å². The van der Waals surface area contributed by atoms with Crippen molar-refractivity contribution in [1.29, 1.82) is 0 Å². The summed E-state index contributed by atoms with van der Waals surface area (Å²) in [4.78, 5) is 38.7. The number of aromatic nitrogens is 3.